The van der Waals surface area contributed by atoms with Crippen molar-refractivity contribution in [2.45, 2.75) is 39.5 Å². The molecule has 21 heavy (non-hydrogen) atoms. The molecule has 1 aromatic carbocycles. The standard InChI is InChI=1S/C17H23NO3/c1-4-17(16(20)21)9-10-18(11-17)15(19)14-7-5-13(6-8-14)12(2)3/h5-8,12H,4,9-11H2,1-3H3,(H,20,21). The molecule has 0 aliphatic carbocycles. The largest absolute Gasteiger partial charge is 0.481 e. The Hall–Kier alpha value is -1.84. The van der Waals surface area contributed by atoms with Crippen LogP contribution in [0.2, 0.25) is 0 Å². The van der Waals surface area contributed by atoms with Crippen molar-refractivity contribution >= 4 is 11.9 Å². The number of benzene rings is 1. The van der Waals surface area contributed by atoms with E-state index < -0.39 is 11.4 Å². The minimum absolute atomic E-state index is 0.0677. The molecule has 1 aliphatic heterocycles. The Labute approximate surface area is 125 Å². The minimum atomic E-state index is -0.796. The maximum absolute atomic E-state index is 12.5. The van der Waals surface area contributed by atoms with Gasteiger partial charge in [-0.2, -0.15) is 0 Å². The van der Waals surface area contributed by atoms with Crippen molar-refractivity contribution in [2.75, 3.05) is 13.1 Å². The van der Waals surface area contributed by atoms with Crippen molar-refractivity contribution in [1.29, 1.82) is 0 Å². The topological polar surface area (TPSA) is 57.6 Å². The molecule has 0 bridgehead atoms. The van der Waals surface area contributed by atoms with Crippen molar-refractivity contribution in [2.24, 2.45) is 5.41 Å². The molecule has 1 saturated heterocycles. The van der Waals surface area contributed by atoms with E-state index in [0.717, 1.165) is 0 Å². The van der Waals surface area contributed by atoms with Crippen molar-refractivity contribution in [3.05, 3.63) is 35.4 Å². The summed E-state index contributed by atoms with van der Waals surface area (Å²) in [6, 6.07) is 7.62. The Kier molecular flexibility index (Phi) is 4.35. The van der Waals surface area contributed by atoms with Crippen LogP contribution in [0.25, 0.3) is 0 Å². The summed E-state index contributed by atoms with van der Waals surface area (Å²) in [7, 11) is 0. The zero-order valence-electron chi connectivity index (χ0n) is 12.9. The van der Waals surface area contributed by atoms with E-state index in [0.29, 0.717) is 37.4 Å². The molecule has 1 fully saturated rings. The second kappa shape index (κ2) is 5.88. The first-order valence-corrected chi connectivity index (χ1v) is 7.52. The second-order valence-corrected chi connectivity index (χ2v) is 6.19. The van der Waals surface area contributed by atoms with Crippen LogP contribution in [0.15, 0.2) is 24.3 Å². The van der Waals surface area contributed by atoms with Gasteiger partial charge in [-0.25, -0.2) is 0 Å². The SMILES string of the molecule is CCC1(C(=O)O)CCN(C(=O)c2ccc(C(C)C)cc2)C1. The van der Waals surface area contributed by atoms with Crippen LogP contribution >= 0.6 is 0 Å². The molecular weight excluding hydrogens is 266 g/mol. The van der Waals surface area contributed by atoms with Gasteiger partial charge in [0, 0.05) is 18.7 Å². The van der Waals surface area contributed by atoms with Crippen LogP contribution in [-0.4, -0.2) is 35.0 Å². The molecule has 1 aromatic rings. The third-order valence-corrected chi connectivity index (χ3v) is 4.60. The zero-order valence-corrected chi connectivity index (χ0v) is 12.9. The maximum Gasteiger partial charge on any atom is 0.311 e. The first kappa shape index (κ1) is 15.5. The number of hydrogen-bond donors (Lipinski definition) is 1. The molecule has 114 valence electrons. The fourth-order valence-corrected chi connectivity index (χ4v) is 2.85. The van der Waals surface area contributed by atoms with Gasteiger partial charge in [0.25, 0.3) is 5.91 Å². The predicted molar refractivity (Wildman–Crippen MR) is 81.4 cm³/mol. The molecule has 0 saturated carbocycles. The van der Waals surface area contributed by atoms with Crippen molar-refractivity contribution < 1.29 is 14.7 Å². The first-order chi connectivity index (χ1) is 9.89. The lowest BCUT2D eigenvalue weighted by Gasteiger charge is -2.23. The van der Waals surface area contributed by atoms with Gasteiger partial charge in [0.05, 0.1) is 5.41 Å². The van der Waals surface area contributed by atoms with Gasteiger partial charge in [-0.1, -0.05) is 32.9 Å². The minimum Gasteiger partial charge on any atom is -0.481 e. The van der Waals surface area contributed by atoms with Crippen LogP contribution < -0.4 is 0 Å². The highest BCUT2D eigenvalue weighted by Crippen LogP contribution is 2.34. The lowest BCUT2D eigenvalue weighted by atomic mass is 9.84. The summed E-state index contributed by atoms with van der Waals surface area (Å²) in [4.78, 5) is 25.6. The molecule has 0 aromatic heterocycles. The Morgan fingerprint density at radius 2 is 1.90 bits per heavy atom. The van der Waals surface area contributed by atoms with Gasteiger partial charge in [0.2, 0.25) is 0 Å². The summed E-state index contributed by atoms with van der Waals surface area (Å²) in [6.07, 6.45) is 1.09. The molecular formula is C17H23NO3. The van der Waals surface area contributed by atoms with Crippen molar-refractivity contribution in [1.82, 2.24) is 4.90 Å². The molecule has 1 aliphatic rings. The summed E-state index contributed by atoms with van der Waals surface area (Å²) in [5, 5.41) is 9.39. The monoisotopic (exact) mass is 289 g/mol. The van der Waals surface area contributed by atoms with E-state index in [-0.39, 0.29) is 5.91 Å². The predicted octanol–water partition coefficient (Wildman–Crippen LogP) is 3.14. The van der Waals surface area contributed by atoms with Crippen LogP contribution in [0, 0.1) is 5.41 Å². The third-order valence-electron chi connectivity index (χ3n) is 4.60. The number of likely N-dealkylation sites (tertiary alicyclic amines) is 1. The van der Waals surface area contributed by atoms with E-state index in [9.17, 15) is 14.7 Å². The van der Waals surface area contributed by atoms with Crippen molar-refractivity contribution in [3.63, 3.8) is 0 Å². The number of carboxylic acid groups (broad SMARTS) is 1. The van der Waals surface area contributed by atoms with Crippen LogP contribution in [0.1, 0.15) is 55.5 Å². The van der Waals surface area contributed by atoms with E-state index in [4.69, 9.17) is 0 Å². The molecule has 0 radical (unpaired) electrons. The fraction of sp³-hybridized carbons (Fsp3) is 0.529. The quantitative estimate of drug-likeness (QED) is 0.926. The summed E-state index contributed by atoms with van der Waals surface area (Å²) < 4.78 is 0. The van der Waals surface area contributed by atoms with Crippen molar-refractivity contribution in [3.8, 4) is 0 Å². The average molecular weight is 289 g/mol. The van der Waals surface area contributed by atoms with Gasteiger partial charge in [0.15, 0.2) is 0 Å². The van der Waals surface area contributed by atoms with Gasteiger partial charge in [-0.3, -0.25) is 9.59 Å². The molecule has 1 N–H and O–H groups in total. The number of rotatable bonds is 4. The number of amides is 1. The van der Waals surface area contributed by atoms with E-state index in [1.165, 1.54) is 5.56 Å². The van der Waals surface area contributed by atoms with Crippen LogP contribution in [0.5, 0.6) is 0 Å². The second-order valence-electron chi connectivity index (χ2n) is 6.19. The maximum atomic E-state index is 12.5. The third kappa shape index (κ3) is 2.94. The molecule has 2 rings (SSSR count). The molecule has 1 heterocycles. The van der Waals surface area contributed by atoms with Gasteiger partial charge in [0.1, 0.15) is 0 Å². The molecule has 1 amide bonds. The van der Waals surface area contributed by atoms with Gasteiger partial charge in [-0.15, -0.1) is 0 Å². The van der Waals surface area contributed by atoms with E-state index in [1.807, 2.05) is 31.2 Å². The van der Waals surface area contributed by atoms with E-state index in [2.05, 4.69) is 13.8 Å². The average Bonchev–Trinajstić information content (AvgIpc) is 2.92. The summed E-state index contributed by atoms with van der Waals surface area (Å²) in [5.41, 5.74) is 1.06. The zero-order chi connectivity index (χ0) is 15.6. The molecule has 4 heteroatoms. The lowest BCUT2D eigenvalue weighted by Crippen LogP contribution is -2.36. The molecule has 1 atom stereocenters. The van der Waals surface area contributed by atoms with E-state index in [1.54, 1.807) is 4.90 Å². The van der Waals surface area contributed by atoms with Gasteiger partial charge < -0.3 is 10.0 Å². The Morgan fingerprint density at radius 3 is 2.33 bits per heavy atom. The van der Waals surface area contributed by atoms with Crippen LogP contribution in [0.3, 0.4) is 0 Å². The number of carbonyl (C=O) groups is 2. The number of carboxylic acids is 1. The highest BCUT2D eigenvalue weighted by molar-refractivity contribution is 5.95. The first-order valence-electron chi connectivity index (χ1n) is 7.52. The highest BCUT2D eigenvalue weighted by Gasteiger charge is 2.44. The number of carbonyl (C=O) groups excluding carboxylic acids is 1. The Balaban J connectivity index is 2.13. The van der Waals surface area contributed by atoms with Crippen LogP contribution in [-0.2, 0) is 4.79 Å². The van der Waals surface area contributed by atoms with Crippen LogP contribution in [0.4, 0.5) is 0 Å². The normalized spacial score (nSPS) is 21.8. The molecule has 4 nitrogen and oxygen atoms in total. The fourth-order valence-electron chi connectivity index (χ4n) is 2.85. The Morgan fingerprint density at radius 1 is 1.29 bits per heavy atom. The van der Waals surface area contributed by atoms with E-state index >= 15 is 0 Å². The number of aliphatic carboxylic acids is 1. The summed E-state index contributed by atoms with van der Waals surface area (Å²) in [6.45, 7) is 6.92. The smallest absolute Gasteiger partial charge is 0.311 e. The summed E-state index contributed by atoms with van der Waals surface area (Å²) >= 11 is 0. The Bertz CT molecular complexity index is 535. The van der Waals surface area contributed by atoms with Gasteiger partial charge in [-0.05, 0) is 36.5 Å². The highest BCUT2D eigenvalue weighted by atomic mass is 16.4. The lowest BCUT2D eigenvalue weighted by molar-refractivity contribution is -0.148. The molecule has 1 unspecified atom stereocenters. The van der Waals surface area contributed by atoms with Gasteiger partial charge >= 0.3 is 5.97 Å². The number of nitrogens with zero attached hydrogens (tertiary/aromatic N) is 1. The molecule has 0 spiro atoms. The summed E-state index contributed by atoms with van der Waals surface area (Å²) in [5.74, 6) is -0.432. The number of hydrogen-bond acceptors (Lipinski definition) is 2.